The van der Waals surface area contributed by atoms with Gasteiger partial charge in [0.1, 0.15) is 6.61 Å². The van der Waals surface area contributed by atoms with E-state index in [2.05, 4.69) is 15.8 Å². The average Bonchev–Trinajstić information content (AvgIpc) is 2.45. The Morgan fingerprint density at radius 1 is 1.32 bits per heavy atom. The zero-order chi connectivity index (χ0) is 16.4. The number of carbonyl (C=O) groups is 2. The number of amides is 3. The van der Waals surface area contributed by atoms with Gasteiger partial charge in [-0.25, -0.2) is 15.0 Å². The van der Waals surface area contributed by atoms with Crippen molar-refractivity contribution in [3.05, 3.63) is 35.9 Å². The molecule has 1 atom stereocenters. The Morgan fingerprint density at radius 2 is 2.00 bits per heavy atom. The summed E-state index contributed by atoms with van der Waals surface area (Å²) in [6.07, 6.45) is 1.54. The zero-order valence-electron chi connectivity index (χ0n) is 12.8. The molecule has 0 aliphatic rings. The van der Waals surface area contributed by atoms with Gasteiger partial charge in [0.25, 0.3) is 0 Å². The molecule has 0 saturated heterocycles. The first-order valence-corrected chi connectivity index (χ1v) is 7.03. The average molecular weight is 306 g/mol. The van der Waals surface area contributed by atoms with Crippen LogP contribution in [0.3, 0.4) is 0 Å². The van der Waals surface area contributed by atoms with Crippen LogP contribution >= 0.6 is 0 Å². The van der Waals surface area contributed by atoms with Crippen LogP contribution in [0.5, 0.6) is 0 Å². The normalized spacial score (nSPS) is 12.1. The third kappa shape index (κ3) is 7.88. The number of hydrogen-bond donors (Lipinski definition) is 3. The number of nitrogens with one attached hydrogen (secondary N) is 2. The maximum absolute atomic E-state index is 11.8. The number of rotatable bonds is 7. The van der Waals surface area contributed by atoms with Crippen LogP contribution in [0, 0.1) is 5.92 Å². The molecule has 1 rings (SSSR count). The van der Waals surface area contributed by atoms with E-state index >= 15 is 0 Å². The van der Waals surface area contributed by atoms with Crippen LogP contribution in [0.15, 0.2) is 35.4 Å². The van der Waals surface area contributed by atoms with Crippen LogP contribution in [0.1, 0.15) is 25.8 Å². The lowest BCUT2D eigenvalue weighted by molar-refractivity contribution is 0.137. The van der Waals surface area contributed by atoms with Gasteiger partial charge in [0, 0.05) is 6.21 Å². The molecule has 0 aliphatic carbocycles. The summed E-state index contributed by atoms with van der Waals surface area (Å²) in [5.41, 5.74) is 7.92. The summed E-state index contributed by atoms with van der Waals surface area (Å²) in [5, 5.41) is 6.37. The number of hydrazone groups is 1. The van der Waals surface area contributed by atoms with E-state index in [4.69, 9.17) is 10.5 Å². The lowest BCUT2D eigenvalue weighted by atomic mass is 10.1. The van der Waals surface area contributed by atoms with E-state index in [-0.39, 0.29) is 12.6 Å². The molecule has 0 radical (unpaired) electrons. The highest BCUT2D eigenvalue weighted by Crippen LogP contribution is 2.05. The van der Waals surface area contributed by atoms with Gasteiger partial charge in [0.2, 0.25) is 0 Å². The van der Waals surface area contributed by atoms with Gasteiger partial charge in [0.15, 0.2) is 0 Å². The Balaban J connectivity index is 2.47. The Morgan fingerprint density at radius 3 is 2.59 bits per heavy atom. The molecule has 0 aromatic heterocycles. The Kier molecular flexibility index (Phi) is 7.45. The van der Waals surface area contributed by atoms with E-state index < -0.39 is 12.1 Å². The number of primary amides is 1. The summed E-state index contributed by atoms with van der Waals surface area (Å²) >= 11 is 0. The molecule has 0 aliphatic heterocycles. The number of ether oxygens (including phenoxy) is 1. The molecule has 3 amide bonds. The molecule has 0 fully saturated rings. The highest BCUT2D eigenvalue weighted by atomic mass is 16.5. The molecule has 0 bridgehead atoms. The van der Waals surface area contributed by atoms with Crippen molar-refractivity contribution >= 4 is 18.3 Å². The second kappa shape index (κ2) is 9.38. The molecule has 1 aromatic rings. The zero-order valence-corrected chi connectivity index (χ0v) is 12.8. The standard InChI is InChI=1S/C15H22N4O3/c1-11(2)8-13(9-17-19-14(16)20)18-15(21)22-10-12-6-4-3-5-7-12/h3-7,9,11,13H,8,10H2,1-2H3,(H,18,21)(H3,16,19,20)/t13-/m0/s1. The van der Waals surface area contributed by atoms with Crippen molar-refractivity contribution in [2.45, 2.75) is 32.9 Å². The quantitative estimate of drug-likeness (QED) is 0.529. The van der Waals surface area contributed by atoms with E-state index in [1.165, 1.54) is 6.21 Å². The van der Waals surface area contributed by atoms with Gasteiger partial charge < -0.3 is 15.8 Å². The first kappa shape index (κ1) is 17.5. The number of carbonyl (C=O) groups excluding carboxylic acids is 2. The summed E-state index contributed by atoms with van der Waals surface area (Å²) in [5.74, 6) is 0.333. The number of urea groups is 1. The van der Waals surface area contributed by atoms with E-state index in [9.17, 15) is 9.59 Å². The summed E-state index contributed by atoms with van der Waals surface area (Å²) in [4.78, 5) is 22.4. The van der Waals surface area contributed by atoms with Crippen LogP contribution in [-0.2, 0) is 11.3 Å². The molecule has 1 aromatic carbocycles. The third-order valence-electron chi connectivity index (χ3n) is 2.67. The largest absolute Gasteiger partial charge is 0.445 e. The number of nitrogens with two attached hydrogens (primary N) is 1. The molecule has 7 nitrogen and oxygen atoms in total. The fourth-order valence-electron chi connectivity index (χ4n) is 1.77. The Labute approximate surface area is 129 Å². The fraction of sp³-hybridized carbons (Fsp3) is 0.400. The SMILES string of the molecule is CC(C)C[C@@H](C=NNC(N)=O)NC(=O)OCc1ccccc1. The predicted octanol–water partition coefficient (Wildman–Crippen LogP) is 1.98. The number of nitrogens with zero attached hydrogens (tertiary/aromatic N) is 1. The third-order valence-corrected chi connectivity index (χ3v) is 2.67. The minimum atomic E-state index is -0.758. The molecule has 4 N–H and O–H groups in total. The first-order valence-electron chi connectivity index (χ1n) is 7.03. The fourth-order valence-corrected chi connectivity index (χ4v) is 1.77. The van der Waals surface area contributed by atoms with Gasteiger partial charge >= 0.3 is 12.1 Å². The molecule has 120 valence electrons. The first-order chi connectivity index (χ1) is 10.5. The summed E-state index contributed by atoms with van der Waals surface area (Å²) in [7, 11) is 0. The van der Waals surface area contributed by atoms with E-state index in [1.807, 2.05) is 44.2 Å². The van der Waals surface area contributed by atoms with Crippen LogP contribution in [-0.4, -0.2) is 24.4 Å². The second-order valence-corrected chi connectivity index (χ2v) is 5.20. The highest BCUT2D eigenvalue weighted by molar-refractivity contribution is 5.77. The van der Waals surface area contributed by atoms with Crippen LogP contribution in [0.25, 0.3) is 0 Å². The minimum Gasteiger partial charge on any atom is -0.445 e. The number of hydrogen-bond acceptors (Lipinski definition) is 4. The van der Waals surface area contributed by atoms with Crippen LogP contribution < -0.4 is 16.5 Å². The Hall–Kier alpha value is -2.57. The van der Waals surface area contributed by atoms with Crippen molar-refractivity contribution in [2.24, 2.45) is 16.8 Å². The summed E-state index contributed by atoms with van der Waals surface area (Å²) < 4.78 is 5.14. The monoisotopic (exact) mass is 306 g/mol. The van der Waals surface area contributed by atoms with Crippen molar-refractivity contribution in [3.8, 4) is 0 Å². The van der Waals surface area contributed by atoms with E-state index in [1.54, 1.807) is 0 Å². The molecular weight excluding hydrogens is 284 g/mol. The van der Waals surface area contributed by atoms with Crippen molar-refractivity contribution in [2.75, 3.05) is 0 Å². The second-order valence-electron chi connectivity index (χ2n) is 5.20. The number of alkyl carbamates (subject to hydrolysis) is 1. The van der Waals surface area contributed by atoms with Crippen LogP contribution in [0.4, 0.5) is 9.59 Å². The molecule has 22 heavy (non-hydrogen) atoms. The summed E-state index contributed by atoms with van der Waals surface area (Å²) in [6.45, 7) is 4.22. The van der Waals surface area contributed by atoms with Crippen molar-refractivity contribution in [1.29, 1.82) is 0 Å². The maximum atomic E-state index is 11.8. The predicted molar refractivity (Wildman–Crippen MR) is 84.2 cm³/mol. The molecule has 0 spiro atoms. The van der Waals surface area contributed by atoms with Crippen molar-refractivity contribution in [1.82, 2.24) is 10.7 Å². The number of benzene rings is 1. The van der Waals surface area contributed by atoms with E-state index in [0.29, 0.717) is 12.3 Å². The topological polar surface area (TPSA) is 106 Å². The van der Waals surface area contributed by atoms with Crippen LogP contribution in [0.2, 0.25) is 0 Å². The van der Waals surface area contributed by atoms with Gasteiger partial charge in [-0.1, -0.05) is 44.2 Å². The van der Waals surface area contributed by atoms with E-state index in [0.717, 1.165) is 5.56 Å². The van der Waals surface area contributed by atoms with Crippen molar-refractivity contribution in [3.63, 3.8) is 0 Å². The van der Waals surface area contributed by atoms with Gasteiger partial charge in [0.05, 0.1) is 6.04 Å². The van der Waals surface area contributed by atoms with Gasteiger partial charge in [-0.3, -0.25) is 0 Å². The van der Waals surface area contributed by atoms with Gasteiger partial charge in [-0.2, -0.15) is 5.10 Å². The van der Waals surface area contributed by atoms with Crippen molar-refractivity contribution < 1.29 is 14.3 Å². The highest BCUT2D eigenvalue weighted by Gasteiger charge is 2.13. The summed E-state index contributed by atoms with van der Waals surface area (Å²) in [6, 6.07) is 8.28. The molecule has 7 heteroatoms. The molecule has 0 heterocycles. The minimum absolute atomic E-state index is 0.192. The maximum Gasteiger partial charge on any atom is 0.407 e. The molecule has 0 unspecified atom stereocenters. The smallest absolute Gasteiger partial charge is 0.407 e. The van der Waals surface area contributed by atoms with Gasteiger partial charge in [-0.15, -0.1) is 0 Å². The Bertz CT molecular complexity index is 503. The molecule has 0 saturated carbocycles. The lowest BCUT2D eigenvalue weighted by Crippen LogP contribution is -2.38. The lowest BCUT2D eigenvalue weighted by Gasteiger charge is -2.16. The molecular formula is C15H22N4O3. The van der Waals surface area contributed by atoms with Gasteiger partial charge in [-0.05, 0) is 17.9 Å².